The van der Waals surface area contributed by atoms with Crippen molar-refractivity contribution in [1.29, 1.82) is 0 Å². The molecule has 0 bridgehead atoms. The van der Waals surface area contributed by atoms with E-state index in [4.69, 9.17) is 5.73 Å². The van der Waals surface area contributed by atoms with Crippen LogP contribution in [-0.4, -0.2) is 8.42 Å². The monoisotopic (exact) mass is 290 g/mol. The van der Waals surface area contributed by atoms with Gasteiger partial charge in [-0.3, -0.25) is 4.72 Å². The average Bonchev–Trinajstić information content (AvgIpc) is 2.39. The number of hydrogen-bond donors (Lipinski definition) is 3. The molecule has 2 aromatic rings. The average molecular weight is 290 g/mol. The Balaban J connectivity index is 2.11. The van der Waals surface area contributed by atoms with Crippen LogP contribution in [-0.2, 0) is 17.3 Å². The van der Waals surface area contributed by atoms with E-state index in [1.807, 2.05) is 42.5 Å². The van der Waals surface area contributed by atoms with Crippen LogP contribution in [0.5, 0.6) is 0 Å². The predicted molar refractivity (Wildman–Crippen MR) is 83.4 cm³/mol. The zero-order chi connectivity index (χ0) is 14.5. The molecule has 0 heterocycles. The van der Waals surface area contributed by atoms with Crippen LogP contribution >= 0.6 is 0 Å². The van der Waals surface area contributed by atoms with Crippen molar-refractivity contribution in [3.63, 3.8) is 0 Å². The van der Waals surface area contributed by atoms with Crippen molar-refractivity contribution in [3.05, 3.63) is 59.7 Å². The first-order valence-corrected chi connectivity index (χ1v) is 7.58. The van der Waals surface area contributed by atoms with Gasteiger partial charge in [0, 0.05) is 11.4 Å². The van der Waals surface area contributed by atoms with E-state index in [2.05, 4.69) is 11.6 Å². The molecule has 0 aliphatic rings. The first kappa shape index (κ1) is 14.4. The van der Waals surface area contributed by atoms with Crippen molar-refractivity contribution < 1.29 is 8.42 Å². The Morgan fingerprint density at radius 1 is 1.15 bits per heavy atom. The van der Waals surface area contributed by atoms with Crippen molar-refractivity contribution in [1.82, 2.24) is 0 Å². The third-order valence-electron chi connectivity index (χ3n) is 3.19. The molecule has 3 N–H and O–H groups in total. The molecule has 0 radical (unpaired) electrons. The minimum absolute atomic E-state index is 0.340. The molecule has 5 heteroatoms. The zero-order valence-electron chi connectivity index (χ0n) is 11.2. The third kappa shape index (κ3) is 3.99. The molecular formula is C15H18N2O2S. The second-order valence-electron chi connectivity index (χ2n) is 4.84. The smallest absolute Gasteiger partial charge is 0.222 e. The van der Waals surface area contributed by atoms with Crippen molar-refractivity contribution in [2.75, 3.05) is 10.5 Å². The highest BCUT2D eigenvalue weighted by Gasteiger charge is 2.07. The Bertz CT molecular complexity index is 643. The van der Waals surface area contributed by atoms with Gasteiger partial charge >= 0.3 is 0 Å². The summed E-state index contributed by atoms with van der Waals surface area (Å²) in [4.78, 5) is 0. The van der Waals surface area contributed by atoms with Gasteiger partial charge in [-0.15, -0.1) is 0 Å². The Morgan fingerprint density at radius 2 is 1.85 bits per heavy atom. The van der Waals surface area contributed by atoms with Gasteiger partial charge in [0.05, 0.1) is 0 Å². The van der Waals surface area contributed by atoms with E-state index in [1.165, 1.54) is 5.56 Å². The SMILES string of the molecule is C[C@@H](Cc1cccc(N[SH](=O)=O)c1)c1ccc(N)cc1. The summed E-state index contributed by atoms with van der Waals surface area (Å²) in [6.45, 7) is 2.14. The van der Waals surface area contributed by atoms with Gasteiger partial charge in [0.15, 0.2) is 0 Å². The van der Waals surface area contributed by atoms with Gasteiger partial charge in [-0.05, 0) is 47.7 Å². The fourth-order valence-corrected chi connectivity index (χ4v) is 2.52. The topological polar surface area (TPSA) is 72.2 Å². The number of nitrogen functional groups attached to an aromatic ring is 1. The minimum Gasteiger partial charge on any atom is -0.399 e. The highest BCUT2D eigenvalue weighted by molar-refractivity contribution is 7.73. The van der Waals surface area contributed by atoms with Gasteiger partial charge in [0.2, 0.25) is 10.9 Å². The molecular weight excluding hydrogens is 272 g/mol. The highest BCUT2D eigenvalue weighted by atomic mass is 32.2. The normalized spacial score (nSPS) is 12.3. The van der Waals surface area contributed by atoms with Gasteiger partial charge in [0.25, 0.3) is 0 Å². The maximum Gasteiger partial charge on any atom is 0.222 e. The molecule has 0 fully saturated rings. The molecule has 2 aromatic carbocycles. The number of benzene rings is 2. The molecule has 20 heavy (non-hydrogen) atoms. The molecule has 0 unspecified atom stereocenters. The maximum absolute atomic E-state index is 10.7. The van der Waals surface area contributed by atoms with Crippen molar-refractivity contribution in [3.8, 4) is 0 Å². The summed E-state index contributed by atoms with van der Waals surface area (Å²) in [5, 5.41) is 0. The minimum atomic E-state index is -2.62. The fraction of sp³-hybridized carbons (Fsp3) is 0.200. The van der Waals surface area contributed by atoms with Crippen molar-refractivity contribution in [2.45, 2.75) is 19.3 Å². The maximum atomic E-state index is 10.7. The van der Waals surface area contributed by atoms with Crippen LogP contribution in [0.4, 0.5) is 11.4 Å². The Kier molecular flexibility index (Phi) is 4.63. The molecule has 106 valence electrons. The van der Waals surface area contributed by atoms with E-state index in [1.54, 1.807) is 6.07 Å². The quantitative estimate of drug-likeness (QED) is 0.585. The molecule has 4 nitrogen and oxygen atoms in total. The summed E-state index contributed by atoms with van der Waals surface area (Å²) >= 11 is 0. The van der Waals surface area contributed by atoms with E-state index >= 15 is 0 Å². The lowest BCUT2D eigenvalue weighted by Gasteiger charge is -2.13. The van der Waals surface area contributed by atoms with Gasteiger partial charge in [-0.2, -0.15) is 0 Å². The molecule has 0 aliphatic carbocycles. The summed E-state index contributed by atoms with van der Waals surface area (Å²) in [6, 6.07) is 15.3. The van der Waals surface area contributed by atoms with Gasteiger partial charge in [0.1, 0.15) is 0 Å². The van der Waals surface area contributed by atoms with Crippen LogP contribution < -0.4 is 10.5 Å². The molecule has 0 spiro atoms. The second-order valence-corrected chi connectivity index (χ2v) is 5.58. The Hall–Kier alpha value is -2.01. The van der Waals surface area contributed by atoms with Crippen LogP contribution in [0.25, 0.3) is 0 Å². The molecule has 2 rings (SSSR count). The molecule has 0 aliphatic heterocycles. The summed E-state index contributed by atoms with van der Waals surface area (Å²) in [6.07, 6.45) is 0.842. The largest absolute Gasteiger partial charge is 0.399 e. The lowest BCUT2D eigenvalue weighted by atomic mass is 9.93. The zero-order valence-corrected chi connectivity index (χ0v) is 12.1. The van der Waals surface area contributed by atoms with E-state index in [0.717, 1.165) is 17.7 Å². The van der Waals surface area contributed by atoms with Crippen LogP contribution in [0, 0.1) is 0 Å². The van der Waals surface area contributed by atoms with E-state index < -0.39 is 10.9 Å². The number of thiol groups is 1. The standard InChI is InChI=1S/C15H18N2O2S/c1-11(13-5-7-14(16)8-6-13)9-12-3-2-4-15(10-12)17-20(18)19/h2-8,10-11,20H,9,16H2,1H3,(H,17,18,19)/t11-/m0/s1. The first-order valence-electron chi connectivity index (χ1n) is 6.40. The fourth-order valence-electron chi connectivity index (χ4n) is 2.17. The summed E-state index contributed by atoms with van der Waals surface area (Å²) in [5.41, 5.74) is 9.34. The van der Waals surface area contributed by atoms with Crippen LogP contribution in [0.1, 0.15) is 24.0 Å². The van der Waals surface area contributed by atoms with Crippen LogP contribution in [0.2, 0.25) is 0 Å². The van der Waals surface area contributed by atoms with Crippen LogP contribution in [0.3, 0.4) is 0 Å². The summed E-state index contributed by atoms with van der Waals surface area (Å²) < 4.78 is 23.7. The number of hydrogen-bond acceptors (Lipinski definition) is 3. The number of nitrogens with one attached hydrogen (secondary N) is 1. The first-order chi connectivity index (χ1) is 9.54. The summed E-state index contributed by atoms with van der Waals surface area (Å²) in [5.74, 6) is 0.340. The predicted octanol–water partition coefficient (Wildman–Crippen LogP) is 2.55. The number of anilines is 2. The van der Waals surface area contributed by atoms with Gasteiger partial charge in [-0.25, -0.2) is 8.42 Å². The third-order valence-corrected chi connectivity index (χ3v) is 3.64. The van der Waals surface area contributed by atoms with Crippen molar-refractivity contribution in [2.24, 2.45) is 0 Å². The van der Waals surface area contributed by atoms with E-state index in [9.17, 15) is 8.42 Å². The molecule has 0 saturated heterocycles. The summed E-state index contributed by atoms with van der Waals surface area (Å²) in [7, 11) is -2.62. The molecule has 0 aromatic heterocycles. The van der Waals surface area contributed by atoms with Gasteiger partial charge in [-0.1, -0.05) is 31.2 Å². The Labute approximate surface area is 120 Å². The lowest BCUT2D eigenvalue weighted by molar-refractivity contribution is 0.619. The molecule has 0 saturated carbocycles. The number of rotatable bonds is 5. The van der Waals surface area contributed by atoms with E-state index in [0.29, 0.717) is 11.6 Å². The Morgan fingerprint density at radius 3 is 2.50 bits per heavy atom. The number of nitrogens with two attached hydrogens (primary N) is 1. The van der Waals surface area contributed by atoms with Crippen molar-refractivity contribution >= 4 is 22.3 Å². The lowest BCUT2D eigenvalue weighted by Crippen LogP contribution is -2.00. The molecule has 0 amide bonds. The van der Waals surface area contributed by atoms with Crippen LogP contribution in [0.15, 0.2) is 48.5 Å². The highest BCUT2D eigenvalue weighted by Crippen LogP contribution is 2.22. The van der Waals surface area contributed by atoms with E-state index in [-0.39, 0.29) is 0 Å². The van der Waals surface area contributed by atoms with Gasteiger partial charge < -0.3 is 5.73 Å². The molecule has 1 atom stereocenters. The second kappa shape index (κ2) is 6.43.